The Hall–Kier alpha value is -3.34. The summed E-state index contributed by atoms with van der Waals surface area (Å²) in [7, 11) is -4.34. The van der Waals surface area contributed by atoms with Crippen LogP contribution in [0.2, 0.25) is 10.0 Å². The number of hydrogen-bond acceptors (Lipinski definition) is 5. The number of benzene rings is 3. The molecule has 1 atom stereocenters. The van der Waals surface area contributed by atoms with Gasteiger partial charge in [-0.25, -0.2) is 12.8 Å². The van der Waals surface area contributed by atoms with E-state index in [1.54, 1.807) is 37.3 Å². The predicted octanol–water partition coefficient (Wildman–Crippen LogP) is 6.59. The number of anilines is 1. The minimum Gasteiger partial charge on any atom is -0.494 e. The quantitative estimate of drug-likeness (QED) is 0.223. The third-order valence-electron chi connectivity index (χ3n) is 7.54. The number of sulfonamides is 1. The maximum absolute atomic E-state index is 14.2. The molecule has 0 spiro atoms. The highest BCUT2D eigenvalue weighted by molar-refractivity contribution is 7.92. The normalized spacial score (nSPS) is 14.2. The molecular weight excluding hydrogens is 628 g/mol. The van der Waals surface area contributed by atoms with Gasteiger partial charge < -0.3 is 15.0 Å². The maximum Gasteiger partial charge on any atom is 0.264 e. The van der Waals surface area contributed by atoms with E-state index >= 15 is 0 Å². The number of hydrogen-bond donors (Lipinski definition) is 1. The van der Waals surface area contributed by atoms with Crippen molar-refractivity contribution < 1.29 is 27.1 Å². The molecule has 1 unspecified atom stereocenters. The molecule has 1 N–H and O–H groups in total. The molecule has 0 heterocycles. The first kappa shape index (κ1) is 33.6. The van der Waals surface area contributed by atoms with Crippen molar-refractivity contribution in [2.75, 3.05) is 17.5 Å². The fourth-order valence-corrected chi connectivity index (χ4v) is 6.99. The van der Waals surface area contributed by atoms with E-state index in [2.05, 4.69) is 5.32 Å². The zero-order chi connectivity index (χ0) is 31.9. The number of ether oxygens (including phenoxy) is 1. The van der Waals surface area contributed by atoms with E-state index in [4.69, 9.17) is 27.9 Å². The van der Waals surface area contributed by atoms with Gasteiger partial charge in [0.05, 0.1) is 27.2 Å². The summed E-state index contributed by atoms with van der Waals surface area (Å²) in [5, 5.41) is 3.70. The van der Waals surface area contributed by atoms with E-state index in [-0.39, 0.29) is 34.1 Å². The van der Waals surface area contributed by atoms with Crippen LogP contribution in [0, 0.1) is 5.82 Å². The standard InChI is InChI=1S/C32H36Cl2FN3O5S/c1-3-30(32(40)36-24-7-5-6-8-24)37(20-22-9-18-28(33)29(34)19-22)31(39)21-38(25-12-14-26(15-13-25)43-4-2)44(41,42)27-16-10-23(35)11-17-27/h9-19,24,30H,3-8,20-21H2,1-2H3,(H,36,40). The zero-order valence-electron chi connectivity index (χ0n) is 24.6. The van der Waals surface area contributed by atoms with E-state index in [1.165, 1.54) is 17.0 Å². The number of carbonyl (C=O) groups excluding carboxylic acids is 2. The minimum atomic E-state index is -4.34. The van der Waals surface area contributed by atoms with Crippen LogP contribution in [0.25, 0.3) is 0 Å². The second-order valence-corrected chi connectivity index (χ2v) is 13.3. The Balaban J connectivity index is 1.72. The Morgan fingerprint density at radius 2 is 1.64 bits per heavy atom. The van der Waals surface area contributed by atoms with Crippen molar-refractivity contribution in [3.05, 3.63) is 88.2 Å². The van der Waals surface area contributed by atoms with Crippen molar-refractivity contribution in [2.45, 2.75) is 69.5 Å². The second-order valence-electron chi connectivity index (χ2n) is 10.6. The first-order valence-electron chi connectivity index (χ1n) is 14.6. The highest BCUT2D eigenvalue weighted by atomic mass is 35.5. The van der Waals surface area contributed by atoms with Gasteiger partial charge in [-0.05, 0) is 92.4 Å². The average Bonchev–Trinajstić information content (AvgIpc) is 3.51. The molecule has 2 amide bonds. The molecule has 3 aromatic rings. The van der Waals surface area contributed by atoms with Crippen molar-refractivity contribution >= 4 is 50.7 Å². The van der Waals surface area contributed by atoms with Gasteiger partial charge in [0, 0.05) is 12.6 Å². The lowest BCUT2D eigenvalue weighted by atomic mass is 10.1. The molecule has 1 saturated carbocycles. The smallest absolute Gasteiger partial charge is 0.264 e. The summed E-state index contributed by atoms with van der Waals surface area (Å²) in [6.45, 7) is 3.41. The molecule has 8 nitrogen and oxygen atoms in total. The van der Waals surface area contributed by atoms with Gasteiger partial charge in [-0.3, -0.25) is 13.9 Å². The SMILES string of the molecule is CCOc1ccc(N(CC(=O)N(Cc2ccc(Cl)c(Cl)c2)C(CC)C(=O)NC2CCCC2)S(=O)(=O)c2ccc(F)cc2)cc1. The summed E-state index contributed by atoms with van der Waals surface area (Å²) in [4.78, 5) is 29.0. The van der Waals surface area contributed by atoms with E-state index in [0.717, 1.165) is 54.3 Å². The molecule has 0 aliphatic heterocycles. The highest BCUT2D eigenvalue weighted by Gasteiger charge is 2.34. The van der Waals surface area contributed by atoms with Crippen LogP contribution in [-0.4, -0.2) is 50.4 Å². The van der Waals surface area contributed by atoms with Gasteiger partial charge in [-0.2, -0.15) is 0 Å². The molecule has 44 heavy (non-hydrogen) atoms. The number of nitrogens with zero attached hydrogens (tertiary/aromatic N) is 2. The van der Waals surface area contributed by atoms with Crippen LogP contribution in [-0.2, 0) is 26.2 Å². The first-order valence-corrected chi connectivity index (χ1v) is 16.8. The number of carbonyl (C=O) groups is 2. The van der Waals surface area contributed by atoms with Gasteiger partial charge >= 0.3 is 0 Å². The van der Waals surface area contributed by atoms with Gasteiger partial charge in [-0.15, -0.1) is 0 Å². The second kappa shape index (κ2) is 15.1. The third kappa shape index (κ3) is 8.22. The lowest BCUT2D eigenvalue weighted by Gasteiger charge is -2.34. The minimum absolute atomic E-state index is 0.0139. The van der Waals surface area contributed by atoms with Crippen LogP contribution < -0.4 is 14.4 Å². The Bertz CT molecular complexity index is 1550. The lowest BCUT2D eigenvalue weighted by molar-refractivity contribution is -0.140. The van der Waals surface area contributed by atoms with Crippen LogP contribution in [0.1, 0.15) is 51.5 Å². The topological polar surface area (TPSA) is 96.0 Å². The molecule has 1 aliphatic carbocycles. The third-order valence-corrected chi connectivity index (χ3v) is 10.1. The van der Waals surface area contributed by atoms with E-state index in [0.29, 0.717) is 29.4 Å². The van der Waals surface area contributed by atoms with E-state index < -0.39 is 34.3 Å². The Labute approximate surface area is 268 Å². The molecule has 0 saturated heterocycles. The number of rotatable bonds is 13. The number of halogens is 3. The van der Waals surface area contributed by atoms with Crippen molar-refractivity contribution in [1.82, 2.24) is 10.2 Å². The molecule has 1 aliphatic rings. The Morgan fingerprint density at radius 3 is 2.23 bits per heavy atom. The largest absolute Gasteiger partial charge is 0.494 e. The van der Waals surface area contributed by atoms with Gasteiger partial charge in [0.15, 0.2) is 0 Å². The maximum atomic E-state index is 14.2. The lowest BCUT2D eigenvalue weighted by Crippen LogP contribution is -2.53. The molecule has 3 aromatic carbocycles. The monoisotopic (exact) mass is 663 g/mol. The summed E-state index contributed by atoms with van der Waals surface area (Å²) in [6, 6.07) is 14.7. The fraction of sp³-hybridized carbons (Fsp3) is 0.375. The van der Waals surface area contributed by atoms with Crippen LogP contribution in [0.4, 0.5) is 10.1 Å². The molecule has 0 aromatic heterocycles. The number of amides is 2. The Kier molecular flexibility index (Phi) is 11.5. The van der Waals surface area contributed by atoms with Crippen molar-refractivity contribution in [2.24, 2.45) is 0 Å². The molecule has 1 fully saturated rings. The van der Waals surface area contributed by atoms with Crippen LogP contribution in [0.5, 0.6) is 5.75 Å². The van der Waals surface area contributed by atoms with Crippen molar-refractivity contribution in [3.8, 4) is 5.75 Å². The van der Waals surface area contributed by atoms with Crippen molar-refractivity contribution in [3.63, 3.8) is 0 Å². The summed E-state index contributed by atoms with van der Waals surface area (Å²) in [5.74, 6) is -0.983. The zero-order valence-corrected chi connectivity index (χ0v) is 27.0. The molecule has 0 radical (unpaired) electrons. The average molecular weight is 665 g/mol. The van der Waals surface area contributed by atoms with Crippen molar-refractivity contribution in [1.29, 1.82) is 0 Å². The summed E-state index contributed by atoms with van der Waals surface area (Å²) < 4.78 is 48.1. The summed E-state index contributed by atoms with van der Waals surface area (Å²) in [5.41, 5.74) is 0.818. The Morgan fingerprint density at radius 1 is 0.977 bits per heavy atom. The van der Waals surface area contributed by atoms with Crippen LogP contribution in [0.15, 0.2) is 71.6 Å². The fourth-order valence-electron chi connectivity index (χ4n) is 5.26. The first-order chi connectivity index (χ1) is 21.0. The molecule has 12 heteroatoms. The molecular formula is C32H36Cl2FN3O5S. The van der Waals surface area contributed by atoms with Gasteiger partial charge in [0.1, 0.15) is 24.2 Å². The molecule has 4 rings (SSSR count). The van der Waals surface area contributed by atoms with E-state index in [1.807, 2.05) is 6.92 Å². The van der Waals surface area contributed by atoms with E-state index in [9.17, 15) is 22.4 Å². The summed E-state index contributed by atoms with van der Waals surface area (Å²) in [6.07, 6.45) is 4.06. The molecule has 236 valence electrons. The highest BCUT2D eigenvalue weighted by Crippen LogP contribution is 2.28. The predicted molar refractivity (Wildman–Crippen MR) is 170 cm³/mol. The van der Waals surface area contributed by atoms with Gasteiger partial charge in [0.25, 0.3) is 10.0 Å². The van der Waals surface area contributed by atoms with Crippen LogP contribution in [0.3, 0.4) is 0 Å². The van der Waals surface area contributed by atoms with Gasteiger partial charge in [-0.1, -0.05) is 49.0 Å². The molecule has 0 bridgehead atoms. The summed E-state index contributed by atoms with van der Waals surface area (Å²) >= 11 is 12.4. The van der Waals surface area contributed by atoms with Gasteiger partial charge in [0.2, 0.25) is 11.8 Å². The van der Waals surface area contributed by atoms with Crippen LogP contribution >= 0.6 is 23.2 Å². The number of nitrogens with one attached hydrogen (secondary N) is 1.